The van der Waals surface area contributed by atoms with Gasteiger partial charge >= 0.3 is 0 Å². The number of aromatic nitrogens is 1. The quantitative estimate of drug-likeness (QED) is 0.840. The first-order valence-corrected chi connectivity index (χ1v) is 6.52. The Morgan fingerprint density at radius 1 is 1.28 bits per heavy atom. The van der Waals surface area contributed by atoms with Gasteiger partial charge in [-0.1, -0.05) is 23.2 Å². The summed E-state index contributed by atoms with van der Waals surface area (Å²) in [6.07, 6.45) is 0. The number of methoxy groups -OCH3 is 1. The molecule has 1 heterocycles. The Morgan fingerprint density at radius 3 is 2.44 bits per heavy atom. The van der Waals surface area contributed by atoms with Gasteiger partial charge in [-0.05, 0) is 26.8 Å². The van der Waals surface area contributed by atoms with E-state index in [1.54, 1.807) is 13.2 Å². The number of ether oxygens (including phenoxy) is 1. The summed E-state index contributed by atoms with van der Waals surface area (Å²) in [5.74, 6) is 1.22. The van der Waals surface area contributed by atoms with Crippen molar-refractivity contribution in [2.45, 2.75) is 26.3 Å². The van der Waals surface area contributed by atoms with Crippen LogP contribution in [0.25, 0.3) is 0 Å². The van der Waals surface area contributed by atoms with E-state index in [0.717, 1.165) is 6.54 Å². The highest BCUT2D eigenvalue weighted by Gasteiger charge is 2.20. The van der Waals surface area contributed by atoms with Crippen LogP contribution in [-0.2, 0) is 4.74 Å². The van der Waals surface area contributed by atoms with Gasteiger partial charge in [0.05, 0.1) is 22.2 Å². The van der Waals surface area contributed by atoms with E-state index < -0.39 is 0 Å². The molecule has 0 radical (unpaired) electrons. The first kappa shape index (κ1) is 15.3. The molecule has 0 amide bonds. The Balaban J connectivity index is 2.98. The van der Waals surface area contributed by atoms with Gasteiger partial charge in [0.15, 0.2) is 0 Å². The van der Waals surface area contributed by atoms with Crippen molar-refractivity contribution >= 4 is 34.8 Å². The molecular formula is C12H19Cl2N3O. The molecule has 0 saturated carbocycles. The van der Waals surface area contributed by atoms with Crippen LogP contribution in [0, 0.1) is 0 Å². The number of nitrogens with one attached hydrogen (secondary N) is 2. The molecule has 0 saturated heterocycles. The lowest BCUT2D eigenvalue weighted by molar-refractivity contribution is 0.158. The fourth-order valence-corrected chi connectivity index (χ4v) is 2.04. The lowest BCUT2D eigenvalue weighted by Crippen LogP contribution is -2.36. The van der Waals surface area contributed by atoms with Crippen LogP contribution in [-0.4, -0.2) is 30.8 Å². The lowest BCUT2D eigenvalue weighted by Gasteiger charge is -2.26. The molecule has 1 aromatic rings. The average Bonchev–Trinajstić information content (AvgIpc) is 2.25. The van der Waals surface area contributed by atoms with Crippen molar-refractivity contribution in [2.75, 3.05) is 30.9 Å². The highest BCUT2D eigenvalue weighted by atomic mass is 35.5. The summed E-state index contributed by atoms with van der Waals surface area (Å²) in [7, 11) is 1.66. The van der Waals surface area contributed by atoms with Crippen LogP contribution in [0.15, 0.2) is 6.07 Å². The van der Waals surface area contributed by atoms with Crippen molar-refractivity contribution in [1.82, 2.24) is 4.98 Å². The molecule has 0 bridgehead atoms. The average molecular weight is 292 g/mol. The molecule has 0 aliphatic heterocycles. The van der Waals surface area contributed by atoms with Crippen molar-refractivity contribution in [3.8, 4) is 0 Å². The second kappa shape index (κ2) is 6.45. The zero-order chi connectivity index (χ0) is 13.8. The summed E-state index contributed by atoms with van der Waals surface area (Å²) >= 11 is 12.2. The van der Waals surface area contributed by atoms with Crippen LogP contribution in [0.2, 0.25) is 10.0 Å². The third-order valence-corrected chi connectivity index (χ3v) is 2.81. The maximum atomic E-state index is 6.13. The molecule has 0 unspecified atom stereocenters. The molecule has 0 atom stereocenters. The van der Waals surface area contributed by atoms with Crippen LogP contribution in [0.3, 0.4) is 0 Å². The standard InChI is InChI=1S/C12H19Cl2N3O/c1-5-15-10-8(13)6-9(14)11(16-10)17-12(2,3)7-18-4/h6H,5,7H2,1-4H3,(H2,15,16,17). The van der Waals surface area contributed by atoms with Crippen molar-refractivity contribution in [3.05, 3.63) is 16.1 Å². The fraction of sp³-hybridized carbons (Fsp3) is 0.583. The van der Waals surface area contributed by atoms with Crippen molar-refractivity contribution in [3.63, 3.8) is 0 Å². The second-order valence-electron chi connectivity index (χ2n) is 4.62. The molecule has 18 heavy (non-hydrogen) atoms. The molecule has 1 aromatic heterocycles. The Morgan fingerprint density at radius 2 is 1.89 bits per heavy atom. The van der Waals surface area contributed by atoms with Gasteiger partial charge < -0.3 is 15.4 Å². The predicted octanol–water partition coefficient (Wildman–Crippen LogP) is 3.66. The molecule has 0 aliphatic rings. The summed E-state index contributed by atoms with van der Waals surface area (Å²) in [6, 6.07) is 1.68. The van der Waals surface area contributed by atoms with Gasteiger partial charge in [0.25, 0.3) is 0 Å². The predicted molar refractivity (Wildman–Crippen MR) is 78.0 cm³/mol. The maximum Gasteiger partial charge on any atom is 0.147 e. The van der Waals surface area contributed by atoms with E-state index in [2.05, 4.69) is 15.6 Å². The van der Waals surface area contributed by atoms with Crippen LogP contribution in [0.1, 0.15) is 20.8 Å². The number of hydrogen-bond donors (Lipinski definition) is 2. The van der Waals surface area contributed by atoms with Gasteiger partial charge in [0, 0.05) is 13.7 Å². The van der Waals surface area contributed by atoms with Gasteiger partial charge in [-0.3, -0.25) is 0 Å². The highest BCUT2D eigenvalue weighted by Crippen LogP contribution is 2.30. The smallest absolute Gasteiger partial charge is 0.147 e. The highest BCUT2D eigenvalue weighted by molar-refractivity contribution is 6.37. The Labute approximate surface area is 118 Å². The molecule has 0 spiro atoms. The van der Waals surface area contributed by atoms with Crippen LogP contribution >= 0.6 is 23.2 Å². The molecule has 0 aromatic carbocycles. The number of halogens is 2. The summed E-state index contributed by atoms with van der Waals surface area (Å²) in [4.78, 5) is 4.39. The molecule has 1 rings (SSSR count). The van der Waals surface area contributed by atoms with E-state index in [4.69, 9.17) is 27.9 Å². The van der Waals surface area contributed by atoms with E-state index in [0.29, 0.717) is 28.3 Å². The van der Waals surface area contributed by atoms with Gasteiger partial charge in [-0.25, -0.2) is 4.98 Å². The molecule has 0 fully saturated rings. The zero-order valence-corrected chi connectivity index (χ0v) is 12.6. The van der Waals surface area contributed by atoms with Gasteiger partial charge in [-0.2, -0.15) is 0 Å². The van der Waals surface area contributed by atoms with Gasteiger partial charge in [-0.15, -0.1) is 0 Å². The van der Waals surface area contributed by atoms with Crippen LogP contribution in [0.4, 0.5) is 11.6 Å². The minimum Gasteiger partial charge on any atom is -0.382 e. The monoisotopic (exact) mass is 291 g/mol. The molecule has 0 aliphatic carbocycles. The van der Waals surface area contributed by atoms with Crippen LogP contribution in [0.5, 0.6) is 0 Å². The third-order valence-electron chi connectivity index (χ3n) is 2.24. The first-order chi connectivity index (χ1) is 8.39. The summed E-state index contributed by atoms with van der Waals surface area (Å²) in [5.41, 5.74) is -0.261. The Bertz CT molecular complexity index is 411. The first-order valence-electron chi connectivity index (χ1n) is 5.76. The van der Waals surface area contributed by atoms with E-state index in [1.807, 2.05) is 20.8 Å². The third kappa shape index (κ3) is 4.19. The van der Waals surface area contributed by atoms with E-state index in [9.17, 15) is 0 Å². The number of pyridine rings is 1. The second-order valence-corrected chi connectivity index (χ2v) is 5.44. The molecule has 4 nitrogen and oxygen atoms in total. The summed E-state index contributed by atoms with van der Waals surface area (Å²) < 4.78 is 5.15. The normalized spacial score (nSPS) is 11.4. The molecule has 102 valence electrons. The number of rotatable bonds is 6. The summed E-state index contributed by atoms with van der Waals surface area (Å²) in [5, 5.41) is 7.34. The van der Waals surface area contributed by atoms with Gasteiger partial charge in [0.2, 0.25) is 0 Å². The Kier molecular flexibility index (Phi) is 5.50. The molecular weight excluding hydrogens is 273 g/mol. The number of hydrogen-bond acceptors (Lipinski definition) is 4. The summed E-state index contributed by atoms with van der Waals surface area (Å²) in [6.45, 7) is 7.29. The van der Waals surface area contributed by atoms with Gasteiger partial charge in [0.1, 0.15) is 11.6 Å². The van der Waals surface area contributed by atoms with E-state index >= 15 is 0 Å². The number of anilines is 2. The van der Waals surface area contributed by atoms with Crippen LogP contribution < -0.4 is 10.6 Å². The molecule has 2 N–H and O–H groups in total. The van der Waals surface area contributed by atoms with Crippen molar-refractivity contribution in [1.29, 1.82) is 0 Å². The fourth-order valence-electron chi connectivity index (χ4n) is 1.56. The van der Waals surface area contributed by atoms with Crippen molar-refractivity contribution < 1.29 is 4.74 Å². The zero-order valence-electron chi connectivity index (χ0n) is 11.1. The Hall–Kier alpha value is -0.710. The van der Waals surface area contributed by atoms with E-state index in [1.165, 1.54) is 0 Å². The topological polar surface area (TPSA) is 46.2 Å². The number of nitrogens with zero attached hydrogens (tertiary/aromatic N) is 1. The van der Waals surface area contributed by atoms with Crippen molar-refractivity contribution in [2.24, 2.45) is 0 Å². The minimum atomic E-state index is -0.261. The lowest BCUT2D eigenvalue weighted by atomic mass is 10.1. The minimum absolute atomic E-state index is 0.261. The SMILES string of the molecule is CCNc1nc(NC(C)(C)COC)c(Cl)cc1Cl. The largest absolute Gasteiger partial charge is 0.382 e. The molecule has 6 heteroatoms. The maximum absolute atomic E-state index is 6.13. The van der Waals surface area contributed by atoms with E-state index in [-0.39, 0.29) is 5.54 Å².